The number of Topliss-reactive ketones (excluding diaryl/α,β-unsaturated/α-hetero) is 1. The molecular weight excluding hydrogens is 1150 g/mol. The Morgan fingerprint density at radius 1 is 0.422 bits per heavy atom. The highest BCUT2D eigenvalue weighted by atomic mass is 32.2. The van der Waals surface area contributed by atoms with E-state index in [9.17, 15) is 45.0 Å². The molecule has 12 saturated carbocycles. The van der Waals surface area contributed by atoms with E-state index in [-0.39, 0.29) is 59.8 Å². The number of ketones is 1. The quantitative estimate of drug-likeness (QED) is 0.0855. The number of amides is 1. The Morgan fingerprint density at radius 2 is 0.700 bits per heavy atom. The number of rotatable bonds is 13. The first-order valence-electron chi connectivity index (χ1n) is 37.1. The minimum Gasteiger partial charge on any atom is -0.481 e. The van der Waals surface area contributed by atoms with Gasteiger partial charge in [0.05, 0.1) is 36.6 Å². The summed E-state index contributed by atoms with van der Waals surface area (Å²) in [5, 5.41) is 76.6. The molecule has 0 radical (unpaired) electrons. The lowest BCUT2D eigenvalue weighted by atomic mass is 9.43. The molecule has 12 rings (SSSR count). The largest absolute Gasteiger partial charge is 0.481 e. The molecule has 0 unspecified atom stereocenters. The van der Waals surface area contributed by atoms with Gasteiger partial charge in [-0.1, -0.05) is 62.3 Å². The maximum absolute atomic E-state index is 12.0. The standard InChI is InChI=1S/C26H45NO3.C25H42O3.C24H40O4.O3S/c1-5-27-23(30)9-6-16(2)19-7-8-20-24-21(11-13-26(19,20)4)25(3)12-10-18(28)14-17(25)15-22(24)29;1-15(5-6-16(2)26)19-7-8-20-23-21(10-12-25(19,20)4)24(3)11-9-18(27)13-17(24)14-22(23)28;1-14(4-7-21(27)28)17-5-6-18-22-19(9-11-24(17,18)3)23(2)10-8-16(25)12-15(23)13-20(22)26;1-4(2)3/h16-22,24,28-29H,5-15H2,1-4H3,(H,27,30);15,17-23,27-28H,5-14H2,1-4H3;14-20,22,25-26H,4-13H2,1-3H3,(H,27,28);/t16-,17+,18-,19-,20+,21+,22+,24+,25+,26-;15-,17+,18-,19-,20+,21+,22+,23+,24+,25-;14-,15+,16-,17-,18+,19+,20+,22+,23+,24-;/m111./s1. The van der Waals surface area contributed by atoms with Gasteiger partial charge in [-0.05, 0) is 326 Å². The molecule has 12 aliphatic rings. The molecule has 516 valence electrons. The molecule has 15 heteroatoms. The molecule has 8 N–H and O–H groups in total. The van der Waals surface area contributed by atoms with Crippen molar-refractivity contribution in [3.63, 3.8) is 0 Å². The highest BCUT2D eigenvalue weighted by Crippen LogP contribution is 2.72. The summed E-state index contributed by atoms with van der Waals surface area (Å²) >= 11 is 0. The predicted molar refractivity (Wildman–Crippen MR) is 350 cm³/mol. The lowest BCUT2D eigenvalue weighted by Gasteiger charge is -2.62. The summed E-state index contributed by atoms with van der Waals surface area (Å²) in [6, 6.07) is 0. The topological polar surface area (TPSA) is 256 Å². The number of nitrogens with one attached hydrogen (secondary N) is 1. The molecular formula is C75H127NO13S. The van der Waals surface area contributed by atoms with Gasteiger partial charge in [-0.15, -0.1) is 12.6 Å². The molecule has 0 aromatic rings. The number of fused-ring (bicyclic) bond motifs is 15. The Morgan fingerprint density at radius 3 is 0.989 bits per heavy atom. The molecule has 12 fully saturated rings. The number of aliphatic hydroxyl groups is 6. The van der Waals surface area contributed by atoms with Gasteiger partial charge in [0.15, 0.2) is 0 Å². The van der Waals surface area contributed by atoms with Crippen molar-refractivity contribution in [1.82, 2.24) is 5.32 Å². The molecule has 0 heterocycles. The zero-order valence-corrected chi connectivity index (χ0v) is 58.6. The van der Waals surface area contributed by atoms with Crippen LogP contribution in [0.1, 0.15) is 269 Å². The third kappa shape index (κ3) is 14.0. The van der Waals surface area contributed by atoms with E-state index in [0.717, 1.165) is 103 Å². The number of carbonyl (C=O) groups is 3. The Bertz CT molecular complexity index is 2480. The van der Waals surface area contributed by atoms with Crippen LogP contribution in [-0.2, 0) is 25.0 Å². The van der Waals surface area contributed by atoms with E-state index in [0.29, 0.717) is 147 Å². The van der Waals surface area contributed by atoms with Crippen LogP contribution in [-0.4, -0.2) is 109 Å². The number of hydrogen-bond acceptors (Lipinski definition) is 12. The van der Waals surface area contributed by atoms with Crippen molar-refractivity contribution >= 4 is 28.3 Å². The highest BCUT2D eigenvalue weighted by molar-refractivity contribution is 7.59. The average molecular weight is 1280 g/mol. The summed E-state index contributed by atoms with van der Waals surface area (Å²) in [4.78, 5) is 34.5. The van der Waals surface area contributed by atoms with E-state index in [2.05, 4.69) is 67.6 Å². The van der Waals surface area contributed by atoms with Gasteiger partial charge in [-0.2, -0.15) is 0 Å². The molecule has 0 aromatic heterocycles. The predicted octanol–water partition coefficient (Wildman–Crippen LogP) is 13.0. The number of hydrogen-bond donors (Lipinski definition) is 8. The van der Waals surface area contributed by atoms with Gasteiger partial charge in [0.2, 0.25) is 5.91 Å². The molecule has 0 aromatic carbocycles. The van der Waals surface area contributed by atoms with Crippen LogP contribution in [0.5, 0.6) is 0 Å². The van der Waals surface area contributed by atoms with Gasteiger partial charge in [0.1, 0.15) is 5.78 Å². The summed E-state index contributed by atoms with van der Waals surface area (Å²) < 4.78 is 25.3. The minimum absolute atomic E-state index is 0.159. The number of aliphatic hydroxyl groups excluding tert-OH is 6. The SMILES string of the molecule is CC(=O)CC[C@@H](C)[C@H]1CC[C@H]2[C@@H]3[C@@H](O)C[C@@H]4C[C@H](O)CC[C@]4(C)[C@H]3CC[C@]12C.CCNC(=O)CC[C@@H](C)[C@H]1CC[C@H]2[C@@H]3[C@@H](O)C[C@@H]4C[C@H](O)CC[C@]4(C)[C@H]3CC[C@]12C.C[C@H](CCC(=O)O)[C@H]1CC[C@H]2[C@@H]3[C@@H](O)C[C@@H]4C[C@H](O)CC[C@]4(C)[C@H]3CC[C@]12C.O=S(=O)=O. The highest BCUT2D eigenvalue weighted by Gasteiger charge is 2.66. The van der Waals surface area contributed by atoms with E-state index in [4.69, 9.17) is 17.7 Å². The van der Waals surface area contributed by atoms with Gasteiger partial charge in [-0.25, -0.2) is 0 Å². The van der Waals surface area contributed by atoms with E-state index < -0.39 is 16.6 Å². The molecule has 12 aliphatic carbocycles. The monoisotopic (exact) mass is 1280 g/mol. The first kappa shape index (κ1) is 72.3. The Balaban J connectivity index is 0.000000155. The molecule has 14 nitrogen and oxygen atoms in total. The van der Waals surface area contributed by atoms with Crippen LogP contribution >= 0.6 is 0 Å². The summed E-state index contributed by atoms with van der Waals surface area (Å²) in [6.45, 7) is 26.3. The van der Waals surface area contributed by atoms with Crippen molar-refractivity contribution < 1.29 is 62.8 Å². The van der Waals surface area contributed by atoms with Crippen molar-refractivity contribution in [2.24, 2.45) is 139 Å². The van der Waals surface area contributed by atoms with Crippen molar-refractivity contribution in [2.75, 3.05) is 6.54 Å². The molecule has 90 heavy (non-hydrogen) atoms. The average Bonchev–Trinajstić information content (AvgIpc) is 1.31. The molecule has 0 aliphatic heterocycles. The number of aliphatic carboxylic acids is 1. The summed E-state index contributed by atoms with van der Waals surface area (Å²) in [6.07, 6.45) is 29.6. The molecule has 0 spiro atoms. The van der Waals surface area contributed by atoms with Crippen LogP contribution < -0.4 is 5.32 Å². The minimum atomic E-state index is -3.11. The van der Waals surface area contributed by atoms with Crippen LogP contribution in [0.4, 0.5) is 0 Å². The fraction of sp³-hybridized carbons (Fsp3) is 0.960. The maximum atomic E-state index is 12.0. The van der Waals surface area contributed by atoms with Crippen molar-refractivity contribution in [3.8, 4) is 0 Å². The van der Waals surface area contributed by atoms with Gasteiger partial charge in [0.25, 0.3) is 0 Å². The van der Waals surface area contributed by atoms with E-state index in [1.165, 1.54) is 77.0 Å². The van der Waals surface area contributed by atoms with Gasteiger partial charge in [0, 0.05) is 25.8 Å². The van der Waals surface area contributed by atoms with E-state index >= 15 is 0 Å². The molecule has 0 saturated heterocycles. The summed E-state index contributed by atoms with van der Waals surface area (Å²) in [7, 11) is -3.11. The fourth-order valence-electron chi connectivity index (χ4n) is 26.6. The third-order valence-electron chi connectivity index (χ3n) is 31.2. The first-order valence-corrected chi connectivity index (χ1v) is 38.1. The van der Waals surface area contributed by atoms with Crippen LogP contribution in [0.2, 0.25) is 0 Å². The Kier molecular flexibility index (Phi) is 23.0. The molecule has 1 amide bonds. The second-order valence-corrected chi connectivity index (χ2v) is 35.6. The first-order chi connectivity index (χ1) is 42.3. The van der Waals surface area contributed by atoms with Crippen LogP contribution in [0.3, 0.4) is 0 Å². The Hall–Kier alpha value is -2.01. The summed E-state index contributed by atoms with van der Waals surface area (Å²) in [5.41, 5.74) is 1.76. The maximum Gasteiger partial charge on any atom is 0.425 e. The van der Waals surface area contributed by atoms with Crippen molar-refractivity contribution in [2.45, 2.75) is 305 Å². The Labute approximate surface area is 544 Å². The fourth-order valence-corrected chi connectivity index (χ4v) is 26.6. The van der Waals surface area contributed by atoms with Crippen molar-refractivity contribution in [1.29, 1.82) is 0 Å². The number of carboxylic acids is 1. The van der Waals surface area contributed by atoms with Crippen LogP contribution in [0.25, 0.3) is 0 Å². The zero-order valence-electron chi connectivity index (χ0n) is 57.8. The van der Waals surface area contributed by atoms with Gasteiger partial charge >= 0.3 is 16.6 Å². The lowest BCUT2D eigenvalue weighted by Crippen LogP contribution is -2.58. The normalized spacial score (nSPS) is 48.7. The second-order valence-electron chi connectivity index (χ2n) is 35.2. The molecule has 0 bridgehead atoms. The zero-order chi connectivity index (χ0) is 65.8. The van der Waals surface area contributed by atoms with Crippen LogP contribution in [0.15, 0.2) is 0 Å². The number of carboxylic acid groups (broad SMARTS) is 1. The van der Waals surface area contributed by atoms with E-state index in [1.54, 1.807) is 6.92 Å². The number of carbonyl (C=O) groups excluding carboxylic acids is 2. The van der Waals surface area contributed by atoms with Crippen LogP contribution in [0, 0.1) is 139 Å². The van der Waals surface area contributed by atoms with Gasteiger partial charge < -0.3 is 45.9 Å². The molecule has 30 atom stereocenters. The third-order valence-corrected chi connectivity index (χ3v) is 31.2. The smallest absolute Gasteiger partial charge is 0.425 e. The van der Waals surface area contributed by atoms with E-state index in [1.807, 2.05) is 6.92 Å². The summed E-state index contributed by atoms with van der Waals surface area (Å²) in [5.74, 6) is 9.73. The van der Waals surface area contributed by atoms with Crippen molar-refractivity contribution in [3.05, 3.63) is 0 Å². The lowest BCUT2D eigenvalue weighted by molar-refractivity contribution is -0.174. The van der Waals surface area contributed by atoms with Gasteiger partial charge in [-0.3, -0.25) is 9.59 Å². The second kappa shape index (κ2) is 28.6.